The van der Waals surface area contributed by atoms with Crippen LogP contribution in [0.5, 0.6) is 0 Å². The standard InChI is InChI=1S/C39H45N7O4/c1-38(2,3)49-36(47)45-20-8-11-31(45)34-41-22-29(43-34)25-15-13-24(14-16-25)26-17-18-27(28-10-7-19-40-33(26)28)30-23-42-35(44-30)32-12-9-21-46(32)37(48)50-39(4,5)6/h7,10,13-19,22-23,31-32H,8-9,11-12,20-21H2,1-6H3,(H,41,43)(H,42,44)/t31-,32-/m0/s1. The Hall–Kier alpha value is -5.19. The first-order chi connectivity index (χ1) is 23.8. The third kappa shape index (κ3) is 6.81. The zero-order valence-electron chi connectivity index (χ0n) is 29.6. The Balaban J connectivity index is 1.11. The fourth-order valence-electron chi connectivity index (χ4n) is 6.93. The zero-order valence-corrected chi connectivity index (χ0v) is 29.6. The van der Waals surface area contributed by atoms with Crippen molar-refractivity contribution in [1.82, 2.24) is 34.7 Å². The van der Waals surface area contributed by atoms with Crippen molar-refractivity contribution in [2.75, 3.05) is 13.1 Å². The van der Waals surface area contributed by atoms with Gasteiger partial charge in [0.2, 0.25) is 0 Å². The molecule has 2 aliphatic rings. The number of nitrogens with zero attached hydrogens (tertiary/aromatic N) is 5. The van der Waals surface area contributed by atoms with E-state index in [9.17, 15) is 9.59 Å². The first-order valence-electron chi connectivity index (χ1n) is 17.4. The molecule has 0 aliphatic carbocycles. The lowest BCUT2D eigenvalue weighted by molar-refractivity contribution is 0.0208. The minimum Gasteiger partial charge on any atom is -0.444 e. The van der Waals surface area contributed by atoms with Gasteiger partial charge in [-0.3, -0.25) is 14.8 Å². The number of rotatable bonds is 5. The van der Waals surface area contributed by atoms with Gasteiger partial charge in [0.15, 0.2) is 0 Å². The topological polar surface area (TPSA) is 129 Å². The Labute approximate surface area is 292 Å². The summed E-state index contributed by atoms with van der Waals surface area (Å²) < 4.78 is 11.3. The number of likely N-dealkylation sites (tertiary alicyclic amines) is 2. The van der Waals surface area contributed by atoms with Crippen LogP contribution < -0.4 is 0 Å². The lowest BCUT2D eigenvalue weighted by Crippen LogP contribution is -2.36. The number of hydrogen-bond acceptors (Lipinski definition) is 7. The maximum absolute atomic E-state index is 12.9. The van der Waals surface area contributed by atoms with Crippen LogP contribution in [0.2, 0.25) is 0 Å². The predicted octanol–water partition coefficient (Wildman–Crippen LogP) is 8.83. The molecule has 0 spiro atoms. The highest BCUT2D eigenvalue weighted by atomic mass is 16.6. The fourth-order valence-corrected chi connectivity index (χ4v) is 6.93. The number of nitrogens with one attached hydrogen (secondary N) is 2. The van der Waals surface area contributed by atoms with Crippen LogP contribution >= 0.6 is 0 Å². The van der Waals surface area contributed by atoms with Gasteiger partial charge in [0.1, 0.15) is 22.9 Å². The van der Waals surface area contributed by atoms with Crippen LogP contribution in [-0.4, -0.2) is 71.2 Å². The number of aromatic amines is 2. The highest BCUT2D eigenvalue weighted by Gasteiger charge is 2.36. The average Bonchev–Trinajstić information content (AvgIpc) is 3.89. The molecule has 2 saturated heterocycles. The number of benzene rings is 2. The van der Waals surface area contributed by atoms with Gasteiger partial charge in [-0.15, -0.1) is 0 Å². The van der Waals surface area contributed by atoms with Crippen molar-refractivity contribution in [1.29, 1.82) is 0 Å². The average molecular weight is 676 g/mol. The molecule has 0 unspecified atom stereocenters. The molecule has 5 heterocycles. The molecular weight excluding hydrogens is 630 g/mol. The molecule has 0 radical (unpaired) electrons. The molecule has 0 bridgehead atoms. The molecule has 11 heteroatoms. The van der Waals surface area contributed by atoms with Gasteiger partial charge in [0.05, 0.1) is 29.0 Å². The van der Waals surface area contributed by atoms with Crippen molar-refractivity contribution in [2.45, 2.75) is 90.5 Å². The lowest BCUT2D eigenvalue weighted by atomic mass is 9.96. The maximum atomic E-state index is 12.9. The largest absolute Gasteiger partial charge is 0.444 e. The van der Waals surface area contributed by atoms with E-state index < -0.39 is 11.2 Å². The van der Waals surface area contributed by atoms with E-state index in [0.717, 1.165) is 81.9 Å². The third-order valence-electron chi connectivity index (χ3n) is 9.13. The number of pyridine rings is 1. The lowest BCUT2D eigenvalue weighted by Gasteiger charge is -2.27. The Morgan fingerprint density at radius 1 is 0.700 bits per heavy atom. The molecule has 2 aliphatic heterocycles. The minimum absolute atomic E-state index is 0.138. The molecule has 5 aromatic rings. The van der Waals surface area contributed by atoms with Crippen LogP contribution in [-0.2, 0) is 9.47 Å². The van der Waals surface area contributed by atoms with Crippen molar-refractivity contribution < 1.29 is 19.1 Å². The Morgan fingerprint density at radius 3 is 1.80 bits per heavy atom. The fraction of sp³-hybridized carbons (Fsp3) is 0.410. The number of carbonyl (C=O) groups excluding carboxylic acids is 2. The number of aromatic nitrogens is 5. The van der Waals surface area contributed by atoms with E-state index in [0.29, 0.717) is 13.1 Å². The molecule has 3 aromatic heterocycles. The molecule has 2 aromatic carbocycles. The van der Waals surface area contributed by atoms with Crippen LogP contribution in [0, 0.1) is 0 Å². The van der Waals surface area contributed by atoms with Gasteiger partial charge in [-0.05, 0) is 78.9 Å². The molecule has 260 valence electrons. The first-order valence-corrected chi connectivity index (χ1v) is 17.4. The van der Waals surface area contributed by atoms with Crippen molar-refractivity contribution >= 4 is 23.1 Å². The second-order valence-electron chi connectivity index (χ2n) is 15.1. The number of hydrogen-bond donors (Lipinski definition) is 2. The van der Waals surface area contributed by atoms with Crippen LogP contribution in [0.15, 0.2) is 67.1 Å². The first kappa shape index (κ1) is 33.3. The molecule has 50 heavy (non-hydrogen) atoms. The number of amides is 2. The quantitative estimate of drug-likeness (QED) is 0.190. The summed E-state index contributed by atoms with van der Waals surface area (Å²) in [6, 6.07) is 16.2. The van der Waals surface area contributed by atoms with E-state index in [1.165, 1.54) is 0 Å². The van der Waals surface area contributed by atoms with E-state index in [2.05, 4.69) is 52.4 Å². The molecule has 2 amide bonds. The molecule has 2 fully saturated rings. The van der Waals surface area contributed by atoms with E-state index in [-0.39, 0.29) is 24.3 Å². The Bertz CT molecular complexity index is 2020. The Kier molecular flexibility index (Phi) is 8.61. The van der Waals surface area contributed by atoms with Crippen molar-refractivity contribution in [3.05, 3.63) is 78.8 Å². The highest BCUT2D eigenvalue weighted by molar-refractivity contribution is 6.02. The van der Waals surface area contributed by atoms with E-state index in [4.69, 9.17) is 24.4 Å². The minimum atomic E-state index is -0.558. The van der Waals surface area contributed by atoms with Crippen molar-refractivity contribution in [3.63, 3.8) is 0 Å². The normalized spacial score (nSPS) is 18.2. The summed E-state index contributed by atoms with van der Waals surface area (Å²) in [5, 5.41) is 0.991. The van der Waals surface area contributed by atoms with E-state index >= 15 is 0 Å². The number of imidazole rings is 2. The van der Waals surface area contributed by atoms with Crippen molar-refractivity contribution in [2.24, 2.45) is 0 Å². The van der Waals surface area contributed by atoms with Gasteiger partial charge in [-0.1, -0.05) is 42.5 Å². The second-order valence-corrected chi connectivity index (χ2v) is 15.1. The number of H-pyrrole nitrogens is 2. The zero-order chi connectivity index (χ0) is 35.2. The monoisotopic (exact) mass is 675 g/mol. The molecular formula is C39H45N7O4. The summed E-state index contributed by atoms with van der Waals surface area (Å²) in [7, 11) is 0. The van der Waals surface area contributed by atoms with Gasteiger partial charge in [-0.2, -0.15) is 0 Å². The van der Waals surface area contributed by atoms with Crippen LogP contribution in [0.4, 0.5) is 9.59 Å². The maximum Gasteiger partial charge on any atom is 0.410 e. The van der Waals surface area contributed by atoms with Gasteiger partial charge in [0.25, 0.3) is 0 Å². The molecule has 7 rings (SSSR count). The Morgan fingerprint density at radius 2 is 1.22 bits per heavy atom. The summed E-state index contributed by atoms with van der Waals surface area (Å²) in [5.74, 6) is 1.53. The smallest absolute Gasteiger partial charge is 0.410 e. The van der Waals surface area contributed by atoms with Crippen molar-refractivity contribution in [3.8, 4) is 33.6 Å². The van der Waals surface area contributed by atoms with Crippen LogP contribution in [0.3, 0.4) is 0 Å². The van der Waals surface area contributed by atoms with Gasteiger partial charge >= 0.3 is 12.2 Å². The summed E-state index contributed by atoms with van der Waals surface area (Å²) in [5.41, 5.74) is 5.39. The molecule has 11 nitrogen and oxygen atoms in total. The number of ether oxygens (including phenoxy) is 2. The highest BCUT2D eigenvalue weighted by Crippen LogP contribution is 2.38. The van der Waals surface area contributed by atoms with Gasteiger partial charge < -0.3 is 19.4 Å². The predicted molar refractivity (Wildman–Crippen MR) is 192 cm³/mol. The summed E-state index contributed by atoms with van der Waals surface area (Å²) in [6.07, 6.45) is 8.48. The summed E-state index contributed by atoms with van der Waals surface area (Å²) >= 11 is 0. The number of fused-ring (bicyclic) bond motifs is 1. The SMILES string of the molecule is CC(C)(C)OC(=O)N1CCC[C@H]1c1nc(-c2ccc(-c3ccc(-c4c[nH]c([C@@H]5CCCN5C(=O)OC(C)(C)C)n4)c4cccnc34)cc2)c[nH]1. The second kappa shape index (κ2) is 12.9. The molecule has 2 N–H and O–H groups in total. The van der Waals surface area contributed by atoms with Gasteiger partial charge in [-0.25, -0.2) is 19.6 Å². The van der Waals surface area contributed by atoms with E-state index in [1.54, 1.807) is 9.80 Å². The van der Waals surface area contributed by atoms with Crippen LogP contribution in [0.25, 0.3) is 44.5 Å². The summed E-state index contributed by atoms with van der Waals surface area (Å²) in [6.45, 7) is 12.6. The molecule has 2 atom stereocenters. The van der Waals surface area contributed by atoms with E-state index in [1.807, 2.05) is 66.2 Å². The van der Waals surface area contributed by atoms with Gasteiger partial charge in [0, 0.05) is 53.8 Å². The third-order valence-corrected chi connectivity index (χ3v) is 9.13. The molecule has 0 saturated carbocycles. The number of carbonyl (C=O) groups is 2. The summed E-state index contributed by atoms with van der Waals surface area (Å²) in [4.78, 5) is 50.7. The van der Waals surface area contributed by atoms with Crippen LogP contribution in [0.1, 0.15) is 91.0 Å².